The molecule has 3 N–H and O–H groups in total. The van der Waals surface area contributed by atoms with Gasteiger partial charge in [0.15, 0.2) is 0 Å². The molecule has 4 nitrogen and oxygen atoms in total. The molecule has 0 radical (unpaired) electrons. The van der Waals surface area contributed by atoms with E-state index in [1.807, 2.05) is 6.92 Å². The molecule has 1 aromatic carbocycles. The first-order chi connectivity index (χ1) is 7.74. The predicted octanol–water partition coefficient (Wildman–Crippen LogP) is 2.15. The van der Waals surface area contributed by atoms with Crippen LogP contribution >= 0.6 is 31.9 Å². The molecule has 0 saturated carbocycles. The summed E-state index contributed by atoms with van der Waals surface area (Å²) < 4.78 is 27.8. The average Bonchev–Trinajstić information content (AvgIpc) is 2.20. The maximum Gasteiger partial charge on any atom is 0.241 e. The van der Waals surface area contributed by atoms with Crippen LogP contribution in [0.4, 0.5) is 0 Å². The van der Waals surface area contributed by atoms with Gasteiger partial charge in [0.1, 0.15) is 0 Å². The van der Waals surface area contributed by atoms with Crippen LogP contribution in [0.2, 0.25) is 0 Å². The van der Waals surface area contributed by atoms with E-state index in [0.29, 0.717) is 4.47 Å². The lowest BCUT2D eigenvalue weighted by Gasteiger charge is -2.11. The number of sulfonamides is 1. The van der Waals surface area contributed by atoms with Crippen LogP contribution in [-0.2, 0) is 10.0 Å². The molecule has 0 aromatic heterocycles. The van der Waals surface area contributed by atoms with Gasteiger partial charge in [-0.3, -0.25) is 0 Å². The highest BCUT2D eigenvalue weighted by Crippen LogP contribution is 2.28. The number of nitrogens with two attached hydrogens (primary N) is 1. The highest BCUT2D eigenvalue weighted by atomic mass is 79.9. The Bertz CT molecular complexity index is 515. The van der Waals surface area contributed by atoms with Crippen LogP contribution in [0.1, 0.15) is 12.5 Å². The zero-order valence-corrected chi connectivity index (χ0v) is 13.5. The molecule has 1 atom stereocenters. The summed E-state index contributed by atoms with van der Waals surface area (Å²) in [7, 11) is -3.53. The molecule has 1 aromatic rings. The van der Waals surface area contributed by atoms with E-state index < -0.39 is 10.0 Å². The van der Waals surface area contributed by atoms with Crippen molar-refractivity contribution in [1.82, 2.24) is 4.72 Å². The summed E-state index contributed by atoms with van der Waals surface area (Å²) in [6, 6.07) is 3.10. The first kappa shape index (κ1) is 15.1. The van der Waals surface area contributed by atoms with Crippen LogP contribution in [-0.4, -0.2) is 21.0 Å². The fraction of sp³-hybridized carbons (Fsp3) is 0.400. The van der Waals surface area contributed by atoms with Crippen molar-refractivity contribution in [3.05, 3.63) is 26.6 Å². The first-order valence-electron chi connectivity index (χ1n) is 4.95. The van der Waals surface area contributed by atoms with E-state index in [1.165, 1.54) is 0 Å². The Morgan fingerprint density at radius 2 is 1.94 bits per heavy atom. The Morgan fingerprint density at radius 3 is 2.47 bits per heavy atom. The lowest BCUT2D eigenvalue weighted by atomic mass is 10.2. The van der Waals surface area contributed by atoms with E-state index in [-0.39, 0.29) is 17.5 Å². The van der Waals surface area contributed by atoms with Gasteiger partial charge in [-0.05, 0) is 47.5 Å². The quantitative estimate of drug-likeness (QED) is 0.833. The largest absolute Gasteiger partial charge is 0.327 e. The second-order valence-electron chi connectivity index (χ2n) is 3.86. The maximum absolute atomic E-state index is 12.0. The topological polar surface area (TPSA) is 72.2 Å². The Kier molecular flexibility index (Phi) is 5.15. The normalized spacial score (nSPS) is 13.7. The number of rotatable bonds is 4. The monoisotopic (exact) mass is 384 g/mol. The van der Waals surface area contributed by atoms with Crippen LogP contribution in [0.3, 0.4) is 0 Å². The van der Waals surface area contributed by atoms with Gasteiger partial charge >= 0.3 is 0 Å². The summed E-state index contributed by atoms with van der Waals surface area (Å²) in [5, 5.41) is 0. The van der Waals surface area contributed by atoms with Crippen molar-refractivity contribution < 1.29 is 8.42 Å². The number of halogens is 2. The number of aryl methyl sites for hydroxylation is 1. The Hall–Kier alpha value is 0.0500. The van der Waals surface area contributed by atoms with Gasteiger partial charge in [0.25, 0.3) is 0 Å². The van der Waals surface area contributed by atoms with E-state index in [2.05, 4.69) is 36.6 Å². The van der Waals surface area contributed by atoms with E-state index in [1.54, 1.807) is 19.1 Å². The molecule has 0 bridgehead atoms. The first-order valence-corrected chi connectivity index (χ1v) is 8.02. The Balaban J connectivity index is 3.11. The van der Waals surface area contributed by atoms with E-state index in [4.69, 9.17) is 5.73 Å². The van der Waals surface area contributed by atoms with Crippen LogP contribution in [0.15, 0.2) is 26.0 Å². The van der Waals surface area contributed by atoms with Crippen molar-refractivity contribution in [1.29, 1.82) is 0 Å². The zero-order valence-electron chi connectivity index (χ0n) is 9.50. The van der Waals surface area contributed by atoms with Crippen LogP contribution in [0, 0.1) is 6.92 Å². The number of nitrogens with one attached hydrogen (secondary N) is 1. The minimum absolute atomic E-state index is 0.204. The standard InChI is InChI=1S/C10H14Br2N2O2S/c1-6-3-9(12)10(4-8(6)11)17(15,16)14-5-7(2)13/h3-4,7,14H,5,13H2,1-2H3. The highest BCUT2D eigenvalue weighted by Gasteiger charge is 2.18. The van der Waals surface area contributed by atoms with Crippen LogP contribution < -0.4 is 10.5 Å². The summed E-state index contributed by atoms with van der Waals surface area (Å²) in [5.74, 6) is 0. The summed E-state index contributed by atoms with van der Waals surface area (Å²) in [4.78, 5) is 0.204. The van der Waals surface area contributed by atoms with Crippen molar-refractivity contribution >= 4 is 41.9 Å². The number of hydrogen-bond donors (Lipinski definition) is 2. The molecule has 0 aliphatic carbocycles. The lowest BCUT2D eigenvalue weighted by Crippen LogP contribution is -2.35. The zero-order chi connectivity index (χ0) is 13.2. The second kappa shape index (κ2) is 5.79. The average molecular weight is 386 g/mol. The van der Waals surface area contributed by atoms with Gasteiger partial charge in [-0.2, -0.15) is 0 Å². The van der Waals surface area contributed by atoms with Crippen molar-refractivity contribution in [3.8, 4) is 0 Å². The van der Waals surface area contributed by atoms with Crippen molar-refractivity contribution in [2.45, 2.75) is 24.8 Å². The maximum atomic E-state index is 12.0. The molecule has 7 heteroatoms. The molecule has 0 aliphatic heterocycles. The molecule has 96 valence electrons. The van der Waals surface area contributed by atoms with E-state index in [9.17, 15) is 8.42 Å². The van der Waals surface area contributed by atoms with Gasteiger partial charge in [-0.15, -0.1) is 0 Å². The third-order valence-electron chi connectivity index (χ3n) is 2.10. The van der Waals surface area contributed by atoms with Crippen molar-refractivity contribution in [2.75, 3.05) is 6.54 Å². The SMILES string of the molecule is Cc1cc(Br)c(S(=O)(=O)NCC(C)N)cc1Br. The fourth-order valence-electron chi connectivity index (χ4n) is 1.15. The smallest absolute Gasteiger partial charge is 0.241 e. The van der Waals surface area contributed by atoms with Crippen LogP contribution in [0.25, 0.3) is 0 Å². The van der Waals surface area contributed by atoms with Crippen molar-refractivity contribution in [3.63, 3.8) is 0 Å². The molecular formula is C10H14Br2N2O2S. The third-order valence-corrected chi connectivity index (χ3v) is 5.33. The van der Waals surface area contributed by atoms with Gasteiger partial charge < -0.3 is 5.73 Å². The summed E-state index contributed by atoms with van der Waals surface area (Å²) in [6.07, 6.45) is 0. The molecule has 17 heavy (non-hydrogen) atoms. The summed E-state index contributed by atoms with van der Waals surface area (Å²) in [5.41, 5.74) is 6.48. The minimum Gasteiger partial charge on any atom is -0.327 e. The molecular weight excluding hydrogens is 372 g/mol. The number of hydrogen-bond acceptors (Lipinski definition) is 3. The Morgan fingerprint density at radius 1 is 1.35 bits per heavy atom. The van der Waals surface area contributed by atoms with Gasteiger partial charge in [0.05, 0.1) is 4.90 Å². The molecule has 1 rings (SSSR count). The van der Waals surface area contributed by atoms with Gasteiger partial charge in [0, 0.05) is 21.5 Å². The highest BCUT2D eigenvalue weighted by molar-refractivity contribution is 9.11. The molecule has 0 saturated heterocycles. The summed E-state index contributed by atoms with van der Waals surface area (Å²) >= 11 is 6.57. The third kappa shape index (κ3) is 4.03. The van der Waals surface area contributed by atoms with Crippen LogP contribution in [0.5, 0.6) is 0 Å². The van der Waals surface area contributed by atoms with Gasteiger partial charge in [0.2, 0.25) is 10.0 Å². The van der Waals surface area contributed by atoms with Gasteiger partial charge in [-0.1, -0.05) is 15.9 Å². The van der Waals surface area contributed by atoms with E-state index >= 15 is 0 Å². The van der Waals surface area contributed by atoms with E-state index in [0.717, 1.165) is 10.0 Å². The molecule has 0 heterocycles. The fourth-order valence-corrected chi connectivity index (χ4v) is 3.97. The molecule has 1 unspecified atom stereocenters. The molecule has 0 aliphatic rings. The molecule has 0 spiro atoms. The molecule has 0 amide bonds. The van der Waals surface area contributed by atoms with Gasteiger partial charge in [-0.25, -0.2) is 13.1 Å². The predicted molar refractivity (Wildman–Crippen MR) is 75.4 cm³/mol. The molecule has 0 fully saturated rings. The minimum atomic E-state index is -3.53. The second-order valence-corrected chi connectivity index (χ2v) is 7.31. The summed E-state index contributed by atoms with van der Waals surface area (Å²) in [6.45, 7) is 3.84. The lowest BCUT2D eigenvalue weighted by molar-refractivity contribution is 0.573. The number of benzene rings is 1. The van der Waals surface area contributed by atoms with Crippen molar-refractivity contribution in [2.24, 2.45) is 5.73 Å². The Labute approximate surface area is 118 Å².